The molecule has 0 unspecified atom stereocenters. The van der Waals surface area contributed by atoms with Gasteiger partial charge in [-0.05, 0) is 36.4 Å². The summed E-state index contributed by atoms with van der Waals surface area (Å²) in [5.41, 5.74) is 3.33. The molecular weight excluding hydrogens is 288 g/mol. The Bertz CT molecular complexity index is 897. The summed E-state index contributed by atoms with van der Waals surface area (Å²) >= 11 is 5.89. The van der Waals surface area contributed by atoms with Gasteiger partial charge in [-0.1, -0.05) is 11.6 Å². The van der Waals surface area contributed by atoms with Gasteiger partial charge in [0.05, 0.1) is 5.69 Å². The SMILES string of the molecule is Clc1ccc(-c2nc3ccc(-n4cnnc4)cc3o2)cc1. The van der Waals surface area contributed by atoms with E-state index in [9.17, 15) is 0 Å². The molecule has 2 aromatic carbocycles. The molecule has 102 valence electrons. The van der Waals surface area contributed by atoms with Crippen LogP contribution in [0, 0.1) is 0 Å². The molecule has 0 atom stereocenters. The van der Waals surface area contributed by atoms with Crippen LogP contribution in [0.5, 0.6) is 0 Å². The van der Waals surface area contributed by atoms with Crippen LogP contribution in [0.25, 0.3) is 28.2 Å². The topological polar surface area (TPSA) is 56.7 Å². The fourth-order valence-electron chi connectivity index (χ4n) is 2.12. The lowest BCUT2D eigenvalue weighted by Gasteiger charge is -1.98. The second-order valence-electron chi connectivity index (χ2n) is 4.55. The average molecular weight is 297 g/mol. The largest absolute Gasteiger partial charge is 0.436 e. The van der Waals surface area contributed by atoms with Crippen molar-refractivity contribution in [2.24, 2.45) is 0 Å². The van der Waals surface area contributed by atoms with E-state index in [0.717, 1.165) is 16.8 Å². The van der Waals surface area contributed by atoms with Crippen LogP contribution >= 0.6 is 11.6 Å². The predicted octanol–water partition coefficient (Wildman–Crippen LogP) is 3.73. The second kappa shape index (κ2) is 4.71. The molecule has 4 aromatic rings. The average Bonchev–Trinajstić information content (AvgIpc) is 3.16. The first kappa shape index (κ1) is 12.1. The Balaban J connectivity index is 1.81. The number of hydrogen-bond donors (Lipinski definition) is 0. The van der Waals surface area contributed by atoms with E-state index in [4.69, 9.17) is 16.0 Å². The number of rotatable bonds is 2. The Kier molecular flexibility index (Phi) is 2.72. The molecule has 0 spiro atoms. The number of halogens is 1. The summed E-state index contributed by atoms with van der Waals surface area (Å²) in [4.78, 5) is 4.48. The van der Waals surface area contributed by atoms with Crippen molar-refractivity contribution < 1.29 is 4.42 Å². The molecular formula is C15H9ClN4O. The Morgan fingerprint density at radius 2 is 1.71 bits per heavy atom. The molecule has 0 fully saturated rings. The standard InChI is InChI=1S/C15H9ClN4O/c16-11-3-1-10(2-4-11)15-19-13-6-5-12(7-14(13)21-15)20-8-17-18-9-20/h1-9H. The zero-order valence-corrected chi connectivity index (χ0v) is 11.5. The van der Waals surface area contributed by atoms with E-state index in [2.05, 4.69) is 15.2 Å². The summed E-state index contributed by atoms with van der Waals surface area (Å²) in [6.45, 7) is 0. The zero-order valence-electron chi connectivity index (χ0n) is 10.8. The normalized spacial score (nSPS) is 11.1. The third kappa shape index (κ3) is 2.17. The maximum absolute atomic E-state index is 5.89. The highest BCUT2D eigenvalue weighted by molar-refractivity contribution is 6.30. The first-order chi connectivity index (χ1) is 10.3. The summed E-state index contributed by atoms with van der Waals surface area (Å²) in [7, 11) is 0. The van der Waals surface area contributed by atoms with Crippen LogP contribution in [0.1, 0.15) is 0 Å². The molecule has 2 heterocycles. The van der Waals surface area contributed by atoms with Gasteiger partial charge >= 0.3 is 0 Å². The van der Waals surface area contributed by atoms with Crippen LogP contribution in [0.15, 0.2) is 59.5 Å². The van der Waals surface area contributed by atoms with Gasteiger partial charge < -0.3 is 4.42 Å². The molecule has 5 nitrogen and oxygen atoms in total. The van der Waals surface area contributed by atoms with Crippen molar-refractivity contribution in [3.05, 3.63) is 60.1 Å². The van der Waals surface area contributed by atoms with Gasteiger partial charge in [0.2, 0.25) is 5.89 Å². The summed E-state index contributed by atoms with van der Waals surface area (Å²) in [5.74, 6) is 0.572. The summed E-state index contributed by atoms with van der Waals surface area (Å²) in [6.07, 6.45) is 3.27. The molecule has 0 aliphatic carbocycles. The highest BCUT2D eigenvalue weighted by atomic mass is 35.5. The highest BCUT2D eigenvalue weighted by Crippen LogP contribution is 2.26. The van der Waals surface area contributed by atoms with Gasteiger partial charge in [-0.2, -0.15) is 0 Å². The first-order valence-electron chi connectivity index (χ1n) is 6.31. The van der Waals surface area contributed by atoms with Crippen molar-refractivity contribution >= 4 is 22.7 Å². The predicted molar refractivity (Wildman–Crippen MR) is 79.4 cm³/mol. The van der Waals surface area contributed by atoms with Crippen molar-refractivity contribution in [2.75, 3.05) is 0 Å². The quantitative estimate of drug-likeness (QED) is 0.565. The van der Waals surface area contributed by atoms with Crippen molar-refractivity contribution in [1.29, 1.82) is 0 Å². The Labute approximate surface area is 124 Å². The first-order valence-corrected chi connectivity index (χ1v) is 6.69. The minimum atomic E-state index is 0.572. The van der Waals surface area contributed by atoms with E-state index < -0.39 is 0 Å². The van der Waals surface area contributed by atoms with Gasteiger partial charge in [0.15, 0.2) is 5.58 Å². The number of hydrogen-bond acceptors (Lipinski definition) is 4. The molecule has 0 N–H and O–H groups in total. The van der Waals surface area contributed by atoms with Crippen LogP contribution < -0.4 is 0 Å². The molecule has 0 aliphatic rings. The summed E-state index contributed by atoms with van der Waals surface area (Å²) in [5, 5.41) is 8.27. The number of nitrogens with zero attached hydrogens (tertiary/aromatic N) is 4. The van der Waals surface area contributed by atoms with Gasteiger partial charge in [0.1, 0.15) is 18.2 Å². The fourth-order valence-corrected chi connectivity index (χ4v) is 2.25. The lowest BCUT2D eigenvalue weighted by atomic mass is 10.2. The molecule has 21 heavy (non-hydrogen) atoms. The fraction of sp³-hybridized carbons (Fsp3) is 0. The number of benzene rings is 2. The molecule has 0 amide bonds. The van der Waals surface area contributed by atoms with E-state index in [-0.39, 0.29) is 0 Å². The van der Waals surface area contributed by atoms with Crippen LogP contribution in [-0.4, -0.2) is 19.7 Å². The molecule has 0 saturated carbocycles. The molecule has 0 bridgehead atoms. The van der Waals surface area contributed by atoms with Crippen LogP contribution in [0.3, 0.4) is 0 Å². The number of oxazole rings is 1. The molecule has 6 heteroatoms. The van der Waals surface area contributed by atoms with Gasteiger partial charge in [-0.15, -0.1) is 10.2 Å². The lowest BCUT2D eigenvalue weighted by molar-refractivity contribution is 0.619. The van der Waals surface area contributed by atoms with Gasteiger partial charge in [-0.25, -0.2) is 4.98 Å². The Morgan fingerprint density at radius 3 is 2.48 bits per heavy atom. The number of fused-ring (bicyclic) bond motifs is 1. The van der Waals surface area contributed by atoms with Crippen LogP contribution in [0.4, 0.5) is 0 Å². The van der Waals surface area contributed by atoms with E-state index in [0.29, 0.717) is 16.5 Å². The van der Waals surface area contributed by atoms with Crippen molar-refractivity contribution in [2.45, 2.75) is 0 Å². The van der Waals surface area contributed by atoms with Crippen molar-refractivity contribution in [1.82, 2.24) is 19.7 Å². The molecule has 0 radical (unpaired) electrons. The third-order valence-corrected chi connectivity index (χ3v) is 3.43. The molecule has 0 saturated heterocycles. The van der Waals surface area contributed by atoms with Gasteiger partial charge in [-0.3, -0.25) is 4.57 Å². The van der Waals surface area contributed by atoms with E-state index in [1.165, 1.54) is 0 Å². The zero-order chi connectivity index (χ0) is 14.2. The number of aromatic nitrogens is 4. The summed E-state index contributed by atoms with van der Waals surface area (Å²) < 4.78 is 7.63. The third-order valence-electron chi connectivity index (χ3n) is 3.18. The van der Waals surface area contributed by atoms with E-state index >= 15 is 0 Å². The van der Waals surface area contributed by atoms with E-state index in [1.807, 2.05) is 47.0 Å². The Hall–Kier alpha value is -2.66. The lowest BCUT2D eigenvalue weighted by Crippen LogP contribution is -1.88. The van der Waals surface area contributed by atoms with Crippen LogP contribution in [-0.2, 0) is 0 Å². The molecule has 4 rings (SSSR count). The van der Waals surface area contributed by atoms with Crippen molar-refractivity contribution in [3.63, 3.8) is 0 Å². The highest BCUT2D eigenvalue weighted by Gasteiger charge is 2.09. The Morgan fingerprint density at radius 1 is 0.952 bits per heavy atom. The molecule has 2 aromatic heterocycles. The van der Waals surface area contributed by atoms with Gasteiger partial charge in [0.25, 0.3) is 0 Å². The minimum Gasteiger partial charge on any atom is -0.436 e. The van der Waals surface area contributed by atoms with Gasteiger partial charge in [0, 0.05) is 16.7 Å². The van der Waals surface area contributed by atoms with Crippen molar-refractivity contribution in [3.8, 4) is 17.1 Å². The maximum Gasteiger partial charge on any atom is 0.227 e. The summed E-state index contributed by atoms with van der Waals surface area (Å²) in [6, 6.07) is 13.2. The molecule has 0 aliphatic heterocycles. The smallest absolute Gasteiger partial charge is 0.227 e. The monoisotopic (exact) mass is 296 g/mol. The van der Waals surface area contributed by atoms with Crippen LogP contribution in [0.2, 0.25) is 5.02 Å². The maximum atomic E-state index is 5.89. The second-order valence-corrected chi connectivity index (χ2v) is 4.98. The minimum absolute atomic E-state index is 0.572. The van der Waals surface area contributed by atoms with E-state index in [1.54, 1.807) is 12.7 Å².